The van der Waals surface area contributed by atoms with E-state index in [0.29, 0.717) is 12.8 Å². The van der Waals surface area contributed by atoms with Crippen LogP contribution in [0.4, 0.5) is 23.7 Å². The number of hydrogen-bond acceptors (Lipinski definition) is 7. The van der Waals surface area contributed by atoms with E-state index in [0.717, 1.165) is 11.8 Å². The van der Waals surface area contributed by atoms with Crippen LogP contribution in [0.1, 0.15) is 50.8 Å². The molecule has 0 bridgehead atoms. The van der Waals surface area contributed by atoms with E-state index < -0.39 is 51.5 Å². The molecule has 1 aliphatic rings. The van der Waals surface area contributed by atoms with Gasteiger partial charge in [0.05, 0.1) is 6.04 Å². The third-order valence-corrected chi connectivity index (χ3v) is 6.79. The number of carbonyl (C=O) groups excluding carboxylic acids is 2. The van der Waals surface area contributed by atoms with Gasteiger partial charge in [0, 0.05) is 30.6 Å². The van der Waals surface area contributed by atoms with Gasteiger partial charge in [0.1, 0.15) is 12.3 Å². The zero-order chi connectivity index (χ0) is 26.7. The fourth-order valence-corrected chi connectivity index (χ4v) is 4.66. The van der Waals surface area contributed by atoms with Crippen molar-refractivity contribution in [3.05, 3.63) is 53.7 Å². The second kappa shape index (κ2) is 10.7. The minimum Gasteiger partial charge on any atom is -0.445 e. The molecule has 2 amide bonds. The first-order valence-electron chi connectivity index (χ1n) is 11.1. The van der Waals surface area contributed by atoms with E-state index >= 15 is 0 Å². The van der Waals surface area contributed by atoms with Gasteiger partial charge in [-0.3, -0.25) is 4.79 Å². The largest absolute Gasteiger partial charge is 0.534 e. The van der Waals surface area contributed by atoms with Crippen molar-refractivity contribution < 1.29 is 40.1 Å². The van der Waals surface area contributed by atoms with Crippen molar-refractivity contribution in [1.82, 2.24) is 10.3 Å². The summed E-state index contributed by atoms with van der Waals surface area (Å²) in [6.07, 6.45) is 1.26. The number of nitrogens with one attached hydrogen (secondary N) is 1. The Morgan fingerprint density at radius 2 is 1.83 bits per heavy atom. The number of alkyl halides is 3. The summed E-state index contributed by atoms with van der Waals surface area (Å²) in [7, 11) is -6.07. The standard InChI is InChI=1S/C23H26F3N3O6S/c1-4-8-18-14(2)19(28-22(31)34-13-16-9-6-5-7-10-16)17-11-12-27-21(20(17)29(18)15(3)30)35-36(32,33)23(24,25)26/h5-7,9-12,14,18-19H,4,8,13H2,1-3H3,(H,28,31). The lowest BCUT2D eigenvalue weighted by Crippen LogP contribution is -2.52. The molecule has 1 aromatic heterocycles. The van der Waals surface area contributed by atoms with Gasteiger partial charge in [-0.2, -0.15) is 21.6 Å². The smallest absolute Gasteiger partial charge is 0.445 e. The van der Waals surface area contributed by atoms with Crippen LogP contribution in [0.3, 0.4) is 0 Å². The Balaban J connectivity index is 2.02. The highest BCUT2D eigenvalue weighted by Gasteiger charge is 2.50. The number of carbonyl (C=O) groups is 2. The van der Waals surface area contributed by atoms with Crippen LogP contribution < -0.4 is 14.4 Å². The Hall–Kier alpha value is -3.35. The molecule has 0 saturated carbocycles. The molecule has 3 unspecified atom stereocenters. The molecule has 1 N–H and O–H groups in total. The van der Waals surface area contributed by atoms with Crippen LogP contribution in [-0.2, 0) is 26.3 Å². The van der Waals surface area contributed by atoms with E-state index in [1.165, 1.54) is 17.9 Å². The summed E-state index contributed by atoms with van der Waals surface area (Å²) in [6.45, 7) is 4.81. The number of fused-ring (bicyclic) bond motifs is 1. The van der Waals surface area contributed by atoms with Gasteiger partial charge >= 0.3 is 21.7 Å². The summed E-state index contributed by atoms with van der Waals surface area (Å²) < 4.78 is 72.3. The molecule has 2 heterocycles. The Morgan fingerprint density at radius 3 is 2.42 bits per heavy atom. The topological polar surface area (TPSA) is 115 Å². The number of benzene rings is 1. The maximum absolute atomic E-state index is 13.0. The number of pyridine rings is 1. The minimum atomic E-state index is -6.07. The molecule has 1 aromatic carbocycles. The molecule has 36 heavy (non-hydrogen) atoms. The van der Waals surface area contributed by atoms with E-state index in [2.05, 4.69) is 14.5 Å². The number of rotatable bonds is 7. The molecule has 2 aromatic rings. The number of ether oxygens (including phenoxy) is 1. The van der Waals surface area contributed by atoms with E-state index in [-0.39, 0.29) is 17.9 Å². The monoisotopic (exact) mass is 529 g/mol. The summed E-state index contributed by atoms with van der Waals surface area (Å²) in [6, 6.07) is 8.87. The van der Waals surface area contributed by atoms with Crippen molar-refractivity contribution in [2.24, 2.45) is 5.92 Å². The molecule has 1 aliphatic heterocycles. The molecular formula is C23H26F3N3O6S. The highest BCUT2D eigenvalue weighted by Crippen LogP contribution is 2.46. The average Bonchev–Trinajstić information content (AvgIpc) is 2.80. The molecule has 13 heteroatoms. The Kier molecular flexibility index (Phi) is 8.12. The summed E-state index contributed by atoms with van der Waals surface area (Å²) in [4.78, 5) is 30.2. The third kappa shape index (κ3) is 5.72. The van der Waals surface area contributed by atoms with Crippen LogP contribution >= 0.6 is 0 Å². The first-order valence-corrected chi connectivity index (χ1v) is 12.5. The minimum absolute atomic E-state index is 0.0207. The summed E-state index contributed by atoms with van der Waals surface area (Å²) >= 11 is 0. The average molecular weight is 530 g/mol. The summed E-state index contributed by atoms with van der Waals surface area (Å²) in [5.74, 6) is -1.87. The highest BCUT2D eigenvalue weighted by atomic mass is 32.2. The molecule has 9 nitrogen and oxygen atoms in total. The van der Waals surface area contributed by atoms with Crippen molar-refractivity contribution in [2.75, 3.05) is 4.90 Å². The van der Waals surface area contributed by atoms with Gasteiger partial charge in [-0.05, 0) is 18.1 Å². The predicted octanol–water partition coefficient (Wildman–Crippen LogP) is 4.45. The Morgan fingerprint density at radius 1 is 1.17 bits per heavy atom. The lowest BCUT2D eigenvalue weighted by molar-refractivity contribution is -0.117. The quantitative estimate of drug-likeness (QED) is 0.416. The van der Waals surface area contributed by atoms with Crippen molar-refractivity contribution in [3.8, 4) is 5.88 Å². The van der Waals surface area contributed by atoms with Gasteiger partial charge in [-0.15, -0.1) is 0 Å². The van der Waals surface area contributed by atoms with E-state index in [1.54, 1.807) is 31.2 Å². The summed E-state index contributed by atoms with van der Waals surface area (Å²) in [5, 5.41) is 2.71. The van der Waals surface area contributed by atoms with E-state index in [1.807, 2.05) is 13.0 Å². The van der Waals surface area contributed by atoms with Crippen LogP contribution in [0.15, 0.2) is 42.6 Å². The first kappa shape index (κ1) is 27.2. The molecule has 0 radical (unpaired) electrons. The molecule has 0 spiro atoms. The molecule has 0 aliphatic carbocycles. The van der Waals surface area contributed by atoms with Crippen LogP contribution in [0.5, 0.6) is 5.88 Å². The Bertz CT molecular complexity index is 1210. The lowest BCUT2D eigenvalue weighted by Gasteiger charge is -2.45. The Labute approximate surface area is 206 Å². The van der Waals surface area contributed by atoms with Crippen molar-refractivity contribution in [3.63, 3.8) is 0 Å². The number of hydrogen-bond donors (Lipinski definition) is 1. The number of nitrogens with zero attached hydrogens (tertiary/aromatic N) is 2. The number of halogens is 3. The van der Waals surface area contributed by atoms with Gasteiger partial charge in [0.15, 0.2) is 0 Å². The van der Waals surface area contributed by atoms with E-state index in [4.69, 9.17) is 4.74 Å². The number of amides is 2. The molecule has 196 valence electrons. The van der Waals surface area contributed by atoms with Gasteiger partial charge in [0.25, 0.3) is 5.88 Å². The SMILES string of the molecule is CCCC1C(C)C(NC(=O)OCc2ccccc2)c2ccnc(OS(=O)(=O)C(F)(F)F)c2N1C(C)=O. The third-order valence-electron chi connectivity index (χ3n) is 5.84. The van der Waals surface area contributed by atoms with E-state index in [9.17, 15) is 31.2 Å². The van der Waals surface area contributed by atoms with Crippen LogP contribution in [0.25, 0.3) is 0 Å². The zero-order valence-corrected chi connectivity index (χ0v) is 20.6. The second-order valence-corrected chi connectivity index (χ2v) is 9.86. The van der Waals surface area contributed by atoms with Crippen molar-refractivity contribution in [1.29, 1.82) is 0 Å². The second-order valence-electron chi connectivity index (χ2n) is 8.33. The molecule has 3 rings (SSSR count). The fourth-order valence-electron chi connectivity index (χ4n) is 4.24. The van der Waals surface area contributed by atoms with Gasteiger partial charge < -0.3 is 19.1 Å². The first-order chi connectivity index (χ1) is 16.9. The van der Waals surface area contributed by atoms with Crippen molar-refractivity contribution >= 4 is 27.8 Å². The zero-order valence-electron chi connectivity index (χ0n) is 19.8. The molecule has 3 atom stereocenters. The number of aromatic nitrogens is 1. The van der Waals surface area contributed by atoms with Crippen LogP contribution in [-0.4, -0.2) is 37.0 Å². The highest BCUT2D eigenvalue weighted by molar-refractivity contribution is 7.88. The number of anilines is 1. The normalized spacial score (nSPS) is 19.8. The van der Waals surface area contributed by atoms with Gasteiger partial charge in [0.2, 0.25) is 5.91 Å². The van der Waals surface area contributed by atoms with Crippen LogP contribution in [0, 0.1) is 5.92 Å². The summed E-state index contributed by atoms with van der Waals surface area (Å²) in [5.41, 5.74) is -5.04. The van der Waals surface area contributed by atoms with Crippen molar-refractivity contribution in [2.45, 2.75) is 57.8 Å². The number of alkyl carbamates (subject to hydrolysis) is 1. The lowest BCUT2D eigenvalue weighted by atomic mass is 9.80. The van der Waals surface area contributed by atoms with Crippen LogP contribution in [0.2, 0.25) is 0 Å². The van der Waals surface area contributed by atoms with Gasteiger partial charge in [-0.1, -0.05) is 50.6 Å². The molecule has 0 saturated heterocycles. The maximum Gasteiger partial charge on any atom is 0.534 e. The van der Waals surface area contributed by atoms with Gasteiger partial charge in [-0.25, -0.2) is 9.78 Å². The fraction of sp³-hybridized carbons (Fsp3) is 0.435. The molecular weight excluding hydrogens is 503 g/mol. The predicted molar refractivity (Wildman–Crippen MR) is 123 cm³/mol. The maximum atomic E-state index is 13.0. The molecule has 0 fully saturated rings.